The van der Waals surface area contributed by atoms with Gasteiger partial charge in [0.25, 0.3) is 0 Å². The van der Waals surface area contributed by atoms with Gasteiger partial charge < -0.3 is 4.74 Å². The Balaban J connectivity index is 2.76. The maximum Gasteiger partial charge on any atom is 0.319 e. The lowest BCUT2D eigenvalue weighted by atomic mass is 10.4. The molecule has 0 fully saturated rings. The van der Waals surface area contributed by atoms with Crippen molar-refractivity contribution in [3.8, 4) is 0 Å². The van der Waals surface area contributed by atoms with Crippen molar-refractivity contribution in [2.75, 3.05) is 5.75 Å². The summed E-state index contributed by atoms with van der Waals surface area (Å²) >= 11 is 11.6. The normalized spacial score (nSPS) is 12.5. The van der Waals surface area contributed by atoms with Gasteiger partial charge in [0.15, 0.2) is 0 Å². The Hall–Kier alpha value is -0.580. The van der Waals surface area contributed by atoms with E-state index in [-0.39, 0.29) is 11.9 Å². The van der Waals surface area contributed by atoms with E-state index < -0.39 is 16.8 Å². The minimum Gasteiger partial charge on any atom is -0.462 e. The van der Waals surface area contributed by atoms with Gasteiger partial charge in [-0.15, -0.1) is 0 Å². The van der Waals surface area contributed by atoms with Gasteiger partial charge in [0.05, 0.1) is 26.8 Å². The minimum atomic E-state index is -1.54. The summed E-state index contributed by atoms with van der Waals surface area (Å²) in [4.78, 5) is 11.7. The number of carbonyl (C=O) groups excluding carboxylic acids is 1. The Bertz CT molecular complexity index is 446. The lowest BCUT2D eigenvalue weighted by molar-refractivity contribution is -0.144. The SMILES string of the molecule is CC(C)OC(=O)CS(=O)c1cc(Cl)ccc1Cl. The van der Waals surface area contributed by atoms with Crippen LogP contribution in [0.1, 0.15) is 13.8 Å². The molecule has 0 aromatic heterocycles. The van der Waals surface area contributed by atoms with Gasteiger partial charge in [-0.3, -0.25) is 9.00 Å². The third-order valence-electron chi connectivity index (χ3n) is 1.75. The zero-order valence-electron chi connectivity index (χ0n) is 9.41. The summed E-state index contributed by atoms with van der Waals surface area (Å²) in [5.41, 5.74) is 0. The summed E-state index contributed by atoms with van der Waals surface area (Å²) in [5, 5.41) is 0.750. The molecule has 1 rings (SSSR count). The molecule has 6 heteroatoms. The van der Waals surface area contributed by atoms with E-state index in [0.29, 0.717) is 14.9 Å². The zero-order chi connectivity index (χ0) is 13.0. The fourth-order valence-corrected chi connectivity index (χ4v) is 2.73. The first-order chi connectivity index (χ1) is 7.90. The number of hydrogen-bond acceptors (Lipinski definition) is 3. The van der Waals surface area contributed by atoms with Crippen LogP contribution in [-0.4, -0.2) is 22.0 Å². The van der Waals surface area contributed by atoms with Gasteiger partial charge in [-0.1, -0.05) is 23.2 Å². The van der Waals surface area contributed by atoms with Crippen molar-refractivity contribution in [2.45, 2.75) is 24.8 Å². The van der Waals surface area contributed by atoms with Gasteiger partial charge in [-0.25, -0.2) is 0 Å². The summed E-state index contributed by atoms with van der Waals surface area (Å²) in [6.07, 6.45) is -0.227. The van der Waals surface area contributed by atoms with Crippen LogP contribution in [0.3, 0.4) is 0 Å². The highest BCUT2D eigenvalue weighted by Gasteiger charge is 2.15. The second kappa shape index (κ2) is 6.38. The van der Waals surface area contributed by atoms with Gasteiger partial charge in [-0.05, 0) is 32.0 Å². The number of esters is 1. The molecule has 0 aliphatic rings. The standard InChI is InChI=1S/C11H12Cl2O3S/c1-7(2)16-11(14)6-17(15)10-5-8(12)3-4-9(10)13/h3-5,7H,6H2,1-2H3. The maximum atomic E-state index is 11.9. The molecule has 0 spiro atoms. The van der Waals surface area contributed by atoms with Crippen LogP contribution in [0.25, 0.3) is 0 Å². The third kappa shape index (κ3) is 4.66. The zero-order valence-corrected chi connectivity index (χ0v) is 11.7. The maximum absolute atomic E-state index is 11.9. The molecule has 0 radical (unpaired) electrons. The van der Waals surface area contributed by atoms with E-state index in [4.69, 9.17) is 27.9 Å². The summed E-state index contributed by atoms with van der Waals surface area (Å²) in [5.74, 6) is -0.743. The number of ether oxygens (including phenoxy) is 1. The van der Waals surface area contributed by atoms with Crippen molar-refractivity contribution in [1.82, 2.24) is 0 Å². The van der Waals surface area contributed by atoms with Crippen molar-refractivity contribution < 1.29 is 13.7 Å². The number of benzene rings is 1. The number of hydrogen-bond donors (Lipinski definition) is 0. The second-order valence-corrected chi connectivity index (χ2v) is 5.87. The molecule has 0 bridgehead atoms. The van der Waals surface area contributed by atoms with Crippen LogP contribution in [0, 0.1) is 0 Å². The van der Waals surface area contributed by atoms with Crippen molar-refractivity contribution >= 4 is 40.0 Å². The summed E-state index contributed by atoms with van der Waals surface area (Å²) < 4.78 is 16.8. The lowest BCUT2D eigenvalue weighted by Crippen LogP contribution is -2.18. The summed E-state index contributed by atoms with van der Waals surface area (Å²) in [6, 6.07) is 4.63. The molecule has 0 heterocycles. The molecular formula is C11H12Cl2O3S. The molecule has 1 unspecified atom stereocenters. The average Bonchev–Trinajstić information content (AvgIpc) is 2.20. The molecule has 17 heavy (non-hydrogen) atoms. The van der Waals surface area contributed by atoms with Gasteiger partial charge >= 0.3 is 5.97 Å². The fourth-order valence-electron chi connectivity index (χ4n) is 1.13. The fraction of sp³-hybridized carbons (Fsp3) is 0.364. The molecule has 94 valence electrons. The number of carbonyl (C=O) groups is 1. The van der Waals surface area contributed by atoms with Crippen LogP contribution in [0.15, 0.2) is 23.1 Å². The molecule has 0 aliphatic carbocycles. The molecule has 0 saturated heterocycles. The topological polar surface area (TPSA) is 43.4 Å². The first kappa shape index (κ1) is 14.5. The van der Waals surface area contributed by atoms with Crippen molar-refractivity contribution in [2.24, 2.45) is 0 Å². The van der Waals surface area contributed by atoms with Crippen LogP contribution in [0.2, 0.25) is 10.0 Å². The van der Waals surface area contributed by atoms with E-state index in [1.54, 1.807) is 26.0 Å². The van der Waals surface area contributed by atoms with E-state index >= 15 is 0 Å². The quantitative estimate of drug-likeness (QED) is 0.802. The molecular weight excluding hydrogens is 283 g/mol. The molecule has 0 saturated carbocycles. The van der Waals surface area contributed by atoms with Crippen molar-refractivity contribution in [3.05, 3.63) is 28.2 Å². The first-order valence-electron chi connectivity index (χ1n) is 4.93. The minimum absolute atomic E-state index is 0.224. The van der Waals surface area contributed by atoms with Crippen molar-refractivity contribution in [1.29, 1.82) is 0 Å². The predicted octanol–water partition coefficient (Wildman–Crippen LogP) is 3.05. The van der Waals surface area contributed by atoms with Crippen LogP contribution in [0.4, 0.5) is 0 Å². The van der Waals surface area contributed by atoms with Crippen LogP contribution in [-0.2, 0) is 20.3 Å². The van der Waals surface area contributed by atoms with E-state index in [1.165, 1.54) is 6.07 Å². The molecule has 1 aromatic carbocycles. The Morgan fingerprint density at radius 2 is 2.06 bits per heavy atom. The predicted molar refractivity (Wildman–Crippen MR) is 69.0 cm³/mol. The molecule has 0 amide bonds. The highest BCUT2D eigenvalue weighted by Crippen LogP contribution is 2.23. The van der Waals surface area contributed by atoms with E-state index in [0.717, 1.165) is 0 Å². The molecule has 1 aromatic rings. The summed E-state index contributed by atoms with van der Waals surface area (Å²) in [7, 11) is -1.54. The van der Waals surface area contributed by atoms with Crippen LogP contribution >= 0.6 is 23.2 Å². The Morgan fingerprint density at radius 1 is 1.41 bits per heavy atom. The van der Waals surface area contributed by atoms with E-state index in [1.807, 2.05) is 0 Å². The van der Waals surface area contributed by atoms with Crippen LogP contribution < -0.4 is 0 Å². The first-order valence-corrected chi connectivity index (χ1v) is 7.00. The Kier molecular flexibility index (Phi) is 5.43. The highest BCUT2D eigenvalue weighted by atomic mass is 35.5. The number of halogens is 2. The van der Waals surface area contributed by atoms with Crippen LogP contribution in [0.5, 0.6) is 0 Å². The highest BCUT2D eigenvalue weighted by molar-refractivity contribution is 7.85. The average molecular weight is 295 g/mol. The number of rotatable bonds is 4. The molecule has 1 atom stereocenters. The van der Waals surface area contributed by atoms with Gasteiger partial charge in [0, 0.05) is 5.02 Å². The van der Waals surface area contributed by atoms with E-state index in [9.17, 15) is 9.00 Å². The molecule has 0 N–H and O–H groups in total. The van der Waals surface area contributed by atoms with Gasteiger partial charge in [-0.2, -0.15) is 0 Å². The molecule has 3 nitrogen and oxygen atoms in total. The van der Waals surface area contributed by atoms with Crippen molar-refractivity contribution in [3.63, 3.8) is 0 Å². The van der Waals surface area contributed by atoms with Gasteiger partial charge in [0.1, 0.15) is 5.75 Å². The summed E-state index contributed by atoms with van der Waals surface area (Å²) in [6.45, 7) is 3.46. The molecule has 0 aliphatic heterocycles. The van der Waals surface area contributed by atoms with E-state index in [2.05, 4.69) is 0 Å². The smallest absolute Gasteiger partial charge is 0.319 e. The second-order valence-electron chi connectivity index (χ2n) is 3.60. The largest absolute Gasteiger partial charge is 0.462 e. The monoisotopic (exact) mass is 294 g/mol. The lowest BCUT2D eigenvalue weighted by Gasteiger charge is -2.08. The third-order valence-corrected chi connectivity index (χ3v) is 3.76. The Labute approximate surface area is 113 Å². The Morgan fingerprint density at radius 3 is 2.65 bits per heavy atom. The van der Waals surface area contributed by atoms with Gasteiger partial charge in [0.2, 0.25) is 0 Å².